The second-order valence-electron chi connectivity index (χ2n) is 4.00. The third-order valence-electron chi connectivity index (χ3n) is 2.24. The number of carboxylic acid groups (broad SMARTS) is 1. The number of nitrogens with one attached hydrogen (secondary N) is 1. The molecule has 4 nitrogen and oxygen atoms in total. The first-order valence-electron chi connectivity index (χ1n) is 4.50. The minimum atomic E-state index is -0.887. The number of hydrogen-bond acceptors (Lipinski definition) is 2. The van der Waals surface area contributed by atoms with Crippen molar-refractivity contribution in [1.82, 2.24) is 4.98 Å². The molecule has 1 heterocycles. The smallest absolute Gasteiger partial charge is 0.305 e. The fourth-order valence-corrected chi connectivity index (χ4v) is 1.72. The Hall–Kier alpha value is -1.29. The van der Waals surface area contributed by atoms with Gasteiger partial charge in [-0.15, -0.1) is 0 Å². The molecule has 0 saturated heterocycles. The maximum atomic E-state index is 10.6. The average Bonchev–Trinajstić information content (AvgIpc) is 2.27. The van der Waals surface area contributed by atoms with Crippen LogP contribution in [0.3, 0.4) is 0 Å². The van der Waals surface area contributed by atoms with Crippen molar-refractivity contribution in [3.8, 4) is 0 Å². The topological polar surface area (TPSA) is 79.1 Å². The van der Waals surface area contributed by atoms with Crippen molar-refractivity contribution >= 4 is 5.97 Å². The molecule has 0 fully saturated rings. The Morgan fingerprint density at radius 3 is 2.57 bits per heavy atom. The van der Waals surface area contributed by atoms with Gasteiger partial charge in [-0.2, -0.15) is 0 Å². The Labute approximate surface area is 83.1 Å². The van der Waals surface area contributed by atoms with E-state index in [-0.39, 0.29) is 6.42 Å². The zero-order valence-corrected chi connectivity index (χ0v) is 8.72. The Balaban J connectivity index is 3.02. The van der Waals surface area contributed by atoms with E-state index in [9.17, 15) is 4.79 Å². The molecule has 4 heteroatoms. The van der Waals surface area contributed by atoms with Gasteiger partial charge >= 0.3 is 5.97 Å². The fourth-order valence-electron chi connectivity index (χ4n) is 1.72. The van der Waals surface area contributed by atoms with Crippen LogP contribution in [0.15, 0.2) is 6.07 Å². The van der Waals surface area contributed by atoms with Gasteiger partial charge in [0, 0.05) is 11.4 Å². The van der Waals surface area contributed by atoms with Crippen LogP contribution >= 0.6 is 0 Å². The van der Waals surface area contributed by atoms with E-state index < -0.39 is 11.5 Å². The van der Waals surface area contributed by atoms with Gasteiger partial charge in [0.25, 0.3) is 0 Å². The first-order valence-corrected chi connectivity index (χ1v) is 4.50. The van der Waals surface area contributed by atoms with Gasteiger partial charge in [-0.1, -0.05) is 0 Å². The normalized spacial score (nSPS) is 15.1. The second-order valence-corrected chi connectivity index (χ2v) is 4.00. The summed E-state index contributed by atoms with van der Waals surface area (Å²) in [6.07, 6.45) is -0.0756. The molecule has 1 rings (SSSR count). The molecule has 0 aliphatic heterocycles. The Kier molecular flexibility index (Phi) is 2.66. The number of aromatic nitrogens is 1. The summed E-state index contributed by atoms with van der Waals surface area (Å²) in [5.74, 6) is -0.887. The van der Waals surface area contributed by atoms with E-state index in [4.69, 9.17) is 10.8 Å². The van der Waals surface area contributed by atoms with Gasteiger partial charge < -0.3 is 15.8 Å². The first kappa shape index (κ1) is 10.8. The van der Waals surface area contributed by atoms with E-state index in [0.29, 0.717) is 0 Å². The van der Waals surface area contributed by atoms with Crippen molar-refractivity contribution < 1.29 is 9.90 Å². The summed E-state index contributed by atoms with van der Waals surface area (Å²) >= 11 is 0. The molecule has 0 aliphatic rings. The van der Waals surface area contributed by atoms with E-state index in [1.165, 1.54) is 0 Å². The highest BCUT2D eigenvalue weighted by atomic mass is 16.4. The minimum absolute atomic E-state index is 0.0756. The fraction of sp³-hybridized carbons (Fsp3) is 0.500. The van der Waals surface area contributed by atoms with Crippen LogP contribution in [0.4, 0.5) is 0 Å². The Bertz CT molecular complexity index is 353. The predicted octanol–water partition coefficient (Wildman–Crippen LogP) is 1.28. The summed E-state index contributed by atoms with van der Waals surface area (Å²) in [5.41, 5.74) is 7.92. The molecule has 1 aromatic rings. The van der Waals surface area contributed by atoms with Crippen molar-refractivity contribution in [1.29, 1.82) is 0 Å². The van der Waals surface area contributed by atoms with E-state index in [0.717, 1.165) is 17.0 Å². The first-order chi connectivity index (χ1) is 6.33. The lowest BCUT2D eigenvalue weighted by atomic mass is 9.93. The van der Waals surface area contributed by atoms with Gasteiger partial charge in [0.1, 0.15) is 0 Å². The molecule has 1 aromatic heterocycles. The lowest BCUT2D eigenvalue weighted by molar-refractivity contribution is -0.138. The number of hydrogen-bond donors (Lipinski definition) is 3. The third kappa shape index (κ3) is 2.14. The van der Waals surface area contributed by atoms with Gasteiger partial charge in [-0.05, 0) is 32.4 Å². The van der Waals surface area contributed by atoms with E-state index in [2.05, 4.69) is 4.98 Å². The molecule has 14 heavy (non-hydrogen) atoms. The molecular formula is C10H16N2O2. The van der Waals surface area contributed by atoms with Crippen LogP contribution in [0.2, 0.25) is 0 Å². The summed E-state index contributed by atoms with van der Waals surface area (Å²) in [6.45, 7) is 5.57. The summed E-state index contributed by atoms with van der Waals surface area (Å²) in [7, 11) is 0. The Morgan fingerprint density at radius 2 is 2.21 bits per heavy atom. The molecule has 4 N–H and O–H groups in total. The molecule has 0 aromatic carbocycles. The number of H-pyrrole nitrogens is 1. The van der Waals surface area contributed by atoms with Gasteiger partial charge in [0.2, 0.25) is 0 Å². The lowest BCUT2D eigenvalue weighted by Crippen LogP contribution is -2.36. The Morgan fingerprint density at radius 1 is 1.64 bits per heavy atom. The van der Waals surface area contributed by atoms with E-state index in [1.54, 1.807) is 6.92 Å². The highest BCUT2D eigenvalue weighted by Crippen LogP contribution is 2.24. The quantitative estimate of drug-likeness (QED) is 0.681. The monoisotopic (exact) mass is 196 g/mol. The molecular weight excluding hydrogens is 180 g/mol. The van der Waals surface area contributed by atoms with Crippen molar-refractivity contribution in [3.63, 3.8) is 0 Å². The van der Waals surface area contributed by atoms with Crippen molar-refractivity contribution in [3.05, 3.63) is 23.0 Å². The highest BCUT2D eigenvalue weighted by Gasteiger charge is 2.27. The summed E-state index contributed by atoms with van der Waals surface area (Å²) < 4.78 is 0. The maximum Gasteiger partial charge on any atom is 0.305 e. The van der Waals surface area contributed by atoms with Gasteiger partial charge in [0.05, 0.1) is 12.0 Å². The van der Waals surface area contributed by atoms with E-state index >= 15 is 0 Å². The number of rotatable bonds is 3. The molecule has 0 amide bonds. The molecule has 0 bridgehead atoms. The van der Waals surface area contributed by atoms with Crippen LogP contribution in [-0.2, 0) is 10.3 Å². The molecule has 1 atom stereocenters. The van der Waals surface area contributed by atoms with Crippen LogP contribution in [0, 0.1) is 13.8 Å². The summed E-state index contributed by atoms with van der Waals surface area (Å²) in [5, 5.41) is 8.71. The number of carbonyl (C=O) groups is 1. The van der Waals surface area contributed by atoms with Crippen LogP contribution in [-0.4, -0.2) is 16.1 Å². The standard InChI is InChI=1S/C10H16N2O2/c1-6-4-7(2)12-9(6)10(3,11)5-8(13)14/h4,12H,5,11H2,1-3H3,(H,13,14)/t10-/m1/s1. The SMILES string of the molecule is Cc1cc(C)c([C@](C)(N)CC(=O)O)[nH]1. The molecule has 0 aliphatic carbocycles. The second kappa shape index (κ2) is 3.46. The average molecular weight is 196 g/mol. The van der Waals surface area contributed by atoms with Gasteiger partial charge in [0.15, 0.2) is 0 Å². The number of nitrogens with two attached hydrogens (primary N) is 1. The number of aromatic amines is 1. The van der Waals surface area contributed by atoms with Crippen LogP contribution < -0.4 is 5.73 Å². The van der Waals surface area contributed by atoms with Gasteiger partial charge in [-0.25, -0.2) is 0 Å². The van der Waals surface area contributed by atoms with Crippen molar-refractivity contribution in [2.75, 3.05) is 0 Å². The highest BCUT2D eigenvalue weighted by molar-refractivity contribution is 5.68. The molecule has 0 saturated carbocycles. The zero-order valence-electron chi connectivity index (χ0n) is 8.72. The zero-order chi connectivity index (χ0) is 10.9. The number of aliphatic carboxylic acids is 1. The number of carboxylic acids is 1. The molecule has 78 valence electrons. The summed E-state index contributed by atoms with van der Waals surface area (Å²) in [4.78, 5) is 13.7. The van der Waals surface area contributed by atoms with Crippen LogP contribution in [0.25, 0.3) is 0 Å². The van der Waals surface area contributed by atoms with Crippen LogP contribution in [0.1, 0.15) is 30.3 Å². The predicted molar refractivity (Wildman–Crippen MR) is 54.1 cm³/mol. The summed E-state index contributed by atoms with van der Waals surface area (Å²) in [6, 6.07) is 1.96. The minimum Gasteiger partial charge on any atom is -0.481 e. The lowest BCUT2D eigenvalue weighted by Gasteiger charge is -2.22. The molecule has 0 spiro atoms. The van der Waals surface area contributed by atoms with Crippen LogP contribution in [0.5, 0.6) is 0 Å². The third-order valence-corrected chi connectivity index (χ3v) is 2.24. The number of aryl methyl sites for hydroxylation is 2. The van der Waals surface area contributed by atoms with E-state index in [1.807, 2.05) is 19.9 Å². The van der Waals surface area contributed by atoms with Crippen molar-refractivity contribution in [2.24, 2.45) is 5.73 Å². The molecule has 0 unspecified atom stereocenters. The largest absolute Gasteiger partial charge is 0.481 e. The maximum absolute atomic E-state index is 10.6. The molecule has 0 radical (unpaired) electrons. The van der Waals surface area contributed by atoms with Crippen molar-refractivity contribution in [2.45, 2.75) is 32.7 Å². The van der Waals surface area contributed by atoms with Gasteiger partial charge in [-0.3, -0.25) is 4.79 Å².